The Morgan fingerprint density at radius 3 is 2.45 bits per heavy atom. The third-order valence-corrected chi connectivity index (χ3v) is 2.01. The molecule has 0 aliphatic heterocycles. The largest absolute Gasteiger partial charge is 0.368 e. The molecule has 0 aliphatic rings. The summed E-state index contributed by atoms with van der Waals surface area (Å²) in [5, 5.41) is 3.84. The normalized spacial score (nSPS) is 13.8. The lowest BCUT2D eigenvalue weighted by atomic mass is 9.95. The van der Waals surface area contributed by atoms with E-state index in [1.807, 2.05) is 0 Å². The number of anilines is 1. The minimum atomic E-state index is 0.396. The topological polar surface area (TPSA) is 52.0 Å². The molecule has 3 heteroatoms. The molecule has 0 aromatic carbocycles. The van der Waals surface area contributed by atoms with Crippen molar-refractivity contribution in [2.45, 2.75) is 26.7 Å². The lowest BCUT2D eigenvalue weighted by molar-refractivity contribution is 0.407. The van der Waals surface area contributed by atoms with Crippen molar-refractivity contribution < 1.29 is 4.52 Å². The second kappa shape index (κ2) is 2.95. The van der Waals surface area contributed by atoms with E-state index < -0.39 is 0 Å². The van der Waals surface area contributed by atoms with Crippen molar-refractivity contribution in [3.63, 3.8) is 0 Å². The zero-order valence-corrected chi connectivity index (χ0v) is 7.16. The van der Waals surface area contributed by atoms with Crippen LogP contribution in [0.1, 0.15) is 32.4 Å². The number of rotatable bonds is 2. The fourth-order valence-electron chi connectivity index (χ4n) is 0.860. The van der Waals surface area contributed by atoms with Crippen molar-refractivity contribution >= 4 is 5.88 Å². The fourth-order valence-corrected chi connectivity index (χ4v) is 0.860. The van der Waals surface area contributed by atoms with Crippen molar-refractivity contribution in [2.24, 2.45) is 5.92 Å². The van der Waals surface area contributed by atoms with Gasteiger partial charge in [-0.05, 0) is 5.92 Å². The number of hydrogen-bond donors (Lipinski definition) is 1. The Hall–Kier alpha value is -0.990. The summed E-state index contributed by atoms with van der Waals surface area (Å²) in [7, 11) is 0. The van der Waals surface area contributed by atoms with Gasteiger partial charge in [0.25, 0.3) is 0 Å². The van der Waals surface area contributed by atoms with Crippen LogP contribution in [-0.2, 0) is 0 Å². The van der Waals surface area contributed by atoms with Gasteiger partial charge in [0, 0.05) is 12.0 Å². The maximum atomic E-state index is 5.39. The fraction of sp³-hybridized carbons (Fsp3) is 0.625. The SMILES string of the molecule is CC(C)[C@H](C)c1cc(N)on1. The van der Waals surface area contributed by atoms with Gasteiger partial charge >= 0.3 is 0 Å². The third-order valence-electron chi connectivity index (χ3n) is 2.01. The molecule has 0 radical (unpaired) electrons. The molecular formula is C8H14N2O. The number of aromatic nitrogens is 1. The van der Waals surface area contributed by atoms with Crippen molar-refractivity contribution in [1.29, 1.82) is 0 Å². The Kier molecular flexibility index (Phi) is 2.17. The van der Waals surface area contributed by atoms with Crippen LogP contribution in [0.3, 0.4) is 0 Å². The minimum absolute atomic E-state index is 0.396. The molecule has 0 amide bonds. The highest BCUT2D eigenvalue weighted by Gasteiger charge is 2.13. The van der Waals surface area contributed by atoms with Gasteiger partial charge in [0.1, 0.15) is 0 Å². The second-order valence-corrected chi connectivity index (χ2v) is 3.19. The van der Waals surface area contributed by atoms with Gasteiger partial charge < -0.3 is 10.3 Å². The van der Waals surface area contributed by atoms with E-state index in [4.69, 9.17) is 10.3 Å². The first kappa shape index (κ1) is 8.11. The molecule has 0 saturated heterocycles. The minimum Gasteiger partial charge on any atom is -0.368 e. The van der Waals surface area contributed by atoms with Crippen LogP contribution >= 0.6 is 0 Å². The molecule has 0 spiro atoms. The van der Waals surface area contributed by atoms with Crippen molar-refractivity contribution in [2.75, 3.05) is 5.73 Å². The molecule has 1 heterocycles. The number of hydrogen-bond acceptors (Lipinski definition) is 3. The predicted octanol–water partition coefficient (Wildman–Crippen LogP) is 2.02. The van der Waals surface area contributed by atoms with Crippen LogP contribution in [0.4, 0.5) is 5.88 Å². The lowest BCUT2D eigenvalue weighted by Crippen LogP contribution is -2.01. The number of nitrogen functional groups attached to an aromatic ring is 1. The number of nitrogens with zero attached hydrogens (tertiary/aromatic N) is 1. The summed E-state index contributed by atoms with van der Waals surface area (Å²) in [6, 6.07) is 1.78. The van der Waals surface area contributed by atoms with E-state index in [1.54, 1.807) is 6.07 Å². The highest BCUT2D eigenvalue weighted by atomic mass is 16.5. The average molecular weight is 154 g/mol. The predicted molar refractivity (Wildman–Crippen MR) is 44.2 cm³/mol. The molecule has 1 aromatic rings. The smallest absolute Gasteiger partial charge is 0.222 e. The summed E-state index contributed by atoms with van der Waals surface area (Å²) in [5.74, 6) is 1.38. The van der Waals surface area contributed by atoms with E-state index >= 15 is 0 Å². The summed E-state index contributed by atoms with van der Waals surface area (Å²) < 4.78 is 4.76. The molecule has 1 aromatic heterocycles. The molecule has 1 rings (SSSR count). The van der Waals surface area contributed by atoms with Crippen LogP contribution in [0.15, 0.2) is 10.6 Å². The van der Waals surface area contributed by atoms with Gasteiger partial charge in [-0.1, -0.05) is 25.9 Å². The Labute approximate surface area is 66.6 Å². The molecule has 0 unspecified atom stereocenters. The molecule has 0 fully saturated rings. The maximum absolute atomic E-state index is 5.39. The van der Waals surface area contributed by atoms with Gasteiger partial charge in [0.05, 0.1) is 5.69 Å². The summed E-state index contributed by atoms with van der Waals surface area (Å²) in [4.78, 5) is 0. The van der Waals surface area contributed by atoms with Crippen molar-refractivity contribution in [3.05, 3.63) is 11.8 Å². The number of nitrogens with two attached hydrogens (primary N) is 1. The Morgan fingerprint density at radius 1 is 1.45 bits per heavy atom. The van der Waals surface area contributed by atoms with Gasteiger partial charge in [0.2, 0.25) is 5.88 Å². The Morgan fingerprint density at radius 2 is 2.09 bits per heavy atom. The molecule has 0 bridgehead atoms. The molecule has 0 aliphatic carbocycles. The summed E-state index contributed by atoms with van der Waals surface area (Å²) >= 11 is 0. The van der Waals surface area contributed by atoms with Crippen molar-refractivity contribution in [1.82, 2.24) is 5.16 Å². The molecule has 11 heavy (non-hydrogen) atoms. The van der Waals surface area contributed by atoms with E-state index in [0.29, 0.717) is 17.7 Å². The zero-order valence-electron chi connectivity index (χ0n) is 7.16. The summed E-state index contributed by atoms with van der Waals surface area (Å²) in [6.07, 6.45) is 0. The molecule has 1 atom stereocenters. The standard InChI is InChI=1S/C8H14N2O/c1-5(2)6(3)7-4-8(9)11-10-7/h4-6H,9H2,1-3H3/t6-/m0/s1. The Bertz CT molecular complexity index is 230. The van der Waals surface area contributed by atoms with Gasteiger partial charge in [-0.3, -0.25) is 0 Å². The monoisotopic (exact) mass is 154 g/mol. The molecule has 62 valence electrons. The molecular weight excluding hydrogens is 140 g/mol. The summed E-state index contributed by atoms with van der Waals surface area (Å²) in [5.41, 5.74) is 6.33. The van der Waals surface area contributed by atoms with Gasteiger partial charge in [-0.2, -0.15) is 0 Å². The molecule has 3 nitrogen and oxygen atoms in total. The van der Waals surface area contributed by atoms with E-state index in [0.717, 1.165) is 5.69 Å². The van der Waals surface area contributed by atoms with E-state index in [-0.39, 0.29) is 0 Å². The van der Waals surface area contributed by atoms with Gasteiger partial charge in [0.15, 0.2) is 0 Å². The first-order valence-electron chi connectivity index (χ1n) is 3.83. The van der Waals surface area contributed by atoms with Crippen LogP contribution in [-0.4, -0.2) is 5.16 Å². The van der Waals surface area contributed by atoms with Gasteiger partial charge in [-0.15, -0.1) is 0 Å². The van der Waals surface area contributed by atoms with Crippen LogP contribution in [0.2, 0.25) is 0 Å². The Balaban J connectivity index is 2.76. The van der Waals surface area contributed by atoms with E-state index in [1.165, 1.54) is 0 Å². The molecule has 2 N–H and O–H groups in total. The first-order chi connectivity index (χ1) is 5.11. The van der Waals surface area contributed by atoms with E-state index in [2.05, 4.69) is 25.9 Å². The second-order valence-electron chi connectivity index (χ2n) is 3.19. The molecule has 0 saturated carbocycles. The summed E-state index contributed by atoms with van der Waals surface area (Å²) in [6.45, 7) is 6.41. The van der Waals surface area contributed by atoms with Crippen molar-refractivity contribution in [3.8, 4) is 0 Å². The quantitative estimate of drug-likeness (QED) is 0.709. The van der Waals surface area contributed by atoms with Gasteiger partial charge in [-0.25, -0.2) is 0 Å². The average Bonchev–Trinajstić information content (AvgIpc) is 2.34. The first-order valence-corrected chi connectivity index (χ1v) is 3.83. The van der Waals surface area contributed by atoms with Crippen LogP contribution in [0.25, 0.3) is 0 Å². The highest BCUT2D eigenvalue weighted by molar-refractivity contribution is 5.26. The zero-order chi connectivity index (χ0) is 8.43. The highest BCUT2D eigenvalue weighted by Crippen LogP contribution is 2.23. The lowest BCUT2D eigenvalue weighted by Gasteiger charge is -2.10. The van der Waals surface area contributed by atoms with Crippen LogP contribution in [0.5, 0.6) is 0 Å². The van der Waals surface area contributed by atoms with E-state index in [9.17, 15) is 0 Å². The van der Waals surface area contributed by atoms with Crippen LogP contribution < -0.4 is 5.73 Å². The third kappa shape index (κ3) is 1.73. The maximum Gasteiger partial charge on any atom is 0.222 e. The van der Waals surface area contributed by atoms with Crippen LogP contribution in [0, 0.1) is 5.92 Å².